The third-order valence-corrected chi connectivity index (χ3v) is 5.31. The van der Waals surface area contributed by atoms with Crippen molar-refractivity contribution in [3.05, 3.63) is 16.1 Å². The largest absolute Gasteiger partial charge is 0.357 e. The van der Waals surface area contributed by atoms with E-state index in [2.05, 4.69) is 62.3 Å². The number of aromatic nitrogens is 1. The molecule has 0 amide bonds. The summed E-state index contributed by atoms with van der Waals surface area (Å²) in [4.78, 5) is 12.8. The Bertz CT molecular complexity index is 486. The zero-order chi connectivity index (χ0) is 17.9. The Morgan fingerprint density at radius 2 is 1.92 bits per heavy atom. The molecule has 1 heterocycles. The molecule has 0 aromatic carbocycles. The van der Waals surface area contributed by atoms with Crippen molar-refractivity contribution in [1.82, 2.24) is 20.5 Å². The van der Waals surface area contributed by atoms with Gasteiger partial charge in [-0.3, -0.25) is 4.99 Å². The van der Waals surface area contributed by atoms with Crippen LogP contribution in [0.5, 0.6) is 0 Å². The van der Waals surface area contributed by atoms with Crippen LogP contribution in [0.1, 0.15) is 43.5 Å². The van der Waals surface area contributed by atoms with Gasteiger partial charge in [0.2, 0.25) is 0 Å². The lowest BCUT2D eigenvalue weighted by atomic mass is 9.93. The van der Waals surface area contributed by atoms with E-state index in [0.29, 0.717) is 12.0 Å². The lowest BCUT2D eigenvalue weighted by molar-refractivity contribution is 0.206. The summed E-state index contributed by atoms with van der Waals surface area (Å²) in [5.74, 6) is 1.59. The third kappa shape index (κ3) is 9.19. The number of rotatable bonds is 10. The molecular weight excluding hydrogens is 445 g/mol. The Morgan fingerprint density at radius 3 is 2.40 bits per heavy atom. The topological polar surface area (TPSA) is 52.6 Å². The number of likely N-dealkylation sites (N-methyl/N-ethyl adjacent to an activating group) is 1. The first-order valence-electron chi connectivity index (χ1n) is 9.11. The van der Waals surface area contributed by atoms with Crippen LogP contribution in [0.2, 0.25) is 0 Å². The van der Waals surface area contributed by atoms with Gasteiger partial charge in [-0.25, -0.2) is 4.98 Å². The van der Waals surface area contributed by atoms with Crippen LogP contribution in [0, 0.1) is 12.8 Å². The number of hydrogen-bond acceptors (Lipinski definition) is 4. The molecule has 0 saturated heterocycles. The molecule has 1 aromatic rings. The molecule has 0 aliphatic carbocycles. The summed E-state index contributed by atoms with van der Waals surface area (Å²) in [6.45, 7) is 11.3. The molecule has 2 N–H and O–H groups in total. The lowest BCUT2D eigenvalue weighted by Gasteiger charge is -2.30. The van der Waals surface area contributed by atoms with Gasteiger partial charge in [0.1, 0.15) is 0 Å². The number of hydrogen-bond donors (Lipinski definition) is 2. The van der Waals surface area contributed by atoms with E-state index in [1.165, 1.54) is 22.7 Å². The molecule has 7 heteroatoms. The van der Waals surface area contributed by atoms with Crippen molar-refractivity contribution in [3.63, 3.8) is 0 Å². The standard InChI is InChI=1S/C18H35N5S.HI/c1-7-15(8-2)16(23(5)6)13-22-18(19-9-3)20-11-10-17-21-12-14(4)24-17;/h12,15-16H,7-11,13H2,1-6H3,(H2,19,20,22);1H. The number of halogens is 1. The molecule has 0 radical (unpaired) electrons. The molecule has 1 aromatic heterocycles. The first-order valence-corrected chi connectivity index (χ1v) is 9.93. The second-order valence-electron chi connectivity index (χ2n) is 6.37. The quantitative estimate of drug-likeness (QED) is 0.305. The predicted molar refractivity (Wildman–Crippen MR) is 121 cm³/mol. The van der Waals surface area contributed by atoms with E-state index >= 15 is 0 Å². The normalized spacial score (nSPS) is 13.0. The van der Waals surface area contributed by atoms with Crippen molar-refractivity contribution in [2.45, 2.75) is 53.0 Å². The Balaban J connectivity index is 0.00000576. The molecule has 146 valence electrons. The monoisotopic (exact) mass is 481 g/mol. The van der Waals surface area contributed by atoms with Gasteiger partial charge in [0, 0.05) is 36.6 Å². The molecule has 1 rings (SSSR count). The molecule has 5 nitrogen and oxygen atoms in total. The Labute approximate surface area is 175 Å². The molecule has 0 fully saturated rings. The maximum atomic E-state index is 4.82. The molecule has 0 bridgehead atoms. The van der Waals surface area contributed by atoms with Crippen molar-refractivity contribution in [2.24, 2.45) is 10.9 Å². The summed E-state index contributed by atoms with van der Waals surface area (Å²) in [6, 6.07) is 0.483. The van der Waals surface area contributed by atoms with Crippen LogP contribution in [0.25, 0.3) is 0 Å². The minimum atomic E-state index is 0. The SMILES string of the molecule is CCNC(=NCC(C(CC)CC)N(C)C)NCCc1ncc(C)s1.I. The highest BCUT2D eigenvalue weighted by atomic mass is 127. The summed E-state index contributed by atoms with van der Waals surface area (Å²) in [5.41, 5.74) is 0. The van der Waals surface area contributed by atoms with Crippen LogP contribution >= 0.6 is 35.3 Å². The fraction of sp³-hybridized carbons (Fsp3) is 0.778. The van der Waals surface area contributed by atoms with Gasteiger partial charge in [-0.1, -0.05) is 26.7 Å². The van der Waals surface area contributed by atoms with E-state index in [0.717, 1.165) is 32.0 Å². The summed E-state index contributed by atoms with van der Waals surface area (Å²) in [5, 5.41) is 7.96. The average molecular weight is 481 g/mol. The summed E-state index contributed by atoms with van der Waals surface area (Å²) >= 11 is 1.77. The molecule has 0 aliphatic rings. The first-order chi connectivity index (χ1) is 11.5. The van der Waals surface area contributed by atoms with Crippen LogP contribution in [-0.2, 0) is 6.42 Å². The summed E-state index contributed by atoms with van der Waals surface area (Å²) in [6.07, 6.45) is 5.27. The van der Waals surface area contributed by atoms with Crippen LogP contribution in [0.15, 0.2) is 11.2 Å². The van der Waals surface area contributed by atoms with Crippen LogP contribution in [0.3, 0.4) is 0 Å². The number of nitrogens with one attached hydrogen (secondary N) is 2. The minimum Gasteiger partial charge on any atom is -0.357 e. The van der Waals surface area contributed by atoms with E-state index in [9.17, 15) is 0 Å². The Hall–Kier alpha value is -0.410. The Kier molecular flexibility index (Phi) is 13.5. The zero-order valence-corrected chi connectivity index (χ0v) is 19.8. The molecule has 1 unspecified atom stereocenters. The number of thiazole rings is 1. The smallest absolute Gasteiger partial charge is 0.191 e. The number of nitrogens with zero attached hydrogens (tertiary/aromatic N) is 3. The van der Waals surface area contributed by atoms with Gasteiger partial charge in [0.25, 0.3) is 0 Å². The highest BCUT2D eigenvalue weighted by Gasteiger charge is 2.20. The van der Waals surface area contributed by atoms with Gasteiger partial charge >= 0.3 is 0 Å². The van der Waals surface area contributed by atoms with Gasteiger partial charge in [-0.15, -0.1) is 35.3 Å². The fourth-order valence-electron chi connectivity index (χ4n) is 2.90. The van der Waals surface area contributed by atoms with Crippen molar-refractivity contribution in [1.29, 1.82) is 0 Å². The maximum absolute atomic E-state index is 4.82. The Morgan fingerprint density at radius 1 is 1.24 bits per heavy atom. The van der Waals surface area contributed by atoms with Gasteiger partial charge < -0.3 is 15.5 Å². The number of aryl methyl sites for hydroxylation is 1. The van der Waals surface area contributed by atoms with E-state index in [-0.39, 0.29) is 24.0 Å². The molecular formula is C18H36IN5S. The van der Waals surface area contributed by atoms with Crippen LogP contribution in [-0.4, -0.2) is 55.6 Å². The minimum absolute atomic E-state index is 0. The van der Waals surface area contributed by atoms with E-state index in [1.807, 2.05) is 6.20 Å². The van der Waals surface area contributed by atoms with Gasteiger partial charge in [0.05, 0.1) is 11.6 Å². The van der Waals surface area contributed by atoms with Crippen molar-refractivity contribution in [3.8, 4) is 0 Å². The maximum Gasteiger partial charge on any atom is 0.191 e. The molecule has 1 atom stereocenters. The highest BCUT2D eigenvalue weighted by molar-refractivity contribution is 14.0. The second-order valence-corrected chi connectivity index (χ2v) is 7.69. The zero-order valence-electron chi connectivity index (χ0n) is 16.6. The summed E-state index contributed by atoms with van der Waals surface area (Å²) in [7, 11) is 4.31. The van der Waals surface area contributed by atoms with Crippen molar-refractivity contribution in [2.75, 3.05) is 33.7 Å². The summed E-state index contributed by atoms with van der Waals surface area (Å²) < 4.78 is 0. The molecule has 0 spiro atoms. The lowest BCUT2D eigenvalue weighted by Crippen LogP contribution is -2.42. The van der Waals surface area contributed by atoms with Gasteiger partial charge in [0.15, 0.2) is 5.96 Å². The van der Waals surface area contributed by atoms with Gasteiger partial charge in [-0.2, -0.15) is 0 Å². The number of guanidine groups is 1. The second kappa shape index (κ2) is 13.7. The average Bonchev–Trinajstić information content (AvgIpc) is 2.96. The first kappa shape index (κ1) is 24.6. The van der Waals surface area contributed by atoms with E-state index in [1.54, 1.807) is 11.3 Å². The van der Waals surface area contributed by atoms with E-state index < -0.39 is 0 Å². The molecule has 0 saturated carbocycles. The molecule has 25 heavy (non-hydrogen) atoms. The fourth-order valence-corrected chi connectivity index (χ4v) is 3.68. The van der Waals surface area contributed by atoms with Crippen molar-refractivity contribution >= 4 is 41.3 Å². The van der Waals surface area contributed by atoms with Gasteiger partial charge in [-0.05, 0) is 33.9 Å². The molecule has 0 aliphatic heterocycles. The van der Waals surface area contributed by atoms with Crippen molar-refractivity contribution < 1.29 is 0 Å². The highest BCUT2D eigenvalue weighted by Crippen LogP contribution is 2.17. The van der Waals surface area contributed by atoms with Crippen LogP contribution < -0.4 is 10.6 Å². The van der Waals surface area contributed by atoms with E-state index in [4.69, 9.17) is 4.99 Å². The predicted octanol–water partition coefficient (Wildman–Crippen LogP) is 3.53. The third-order valence-electron chi connectivity index (χ3n) is 4.34. The van der Waals surface area contributed by atoms with Crippen LogP contribution in [0.4, 0.5) is 0 Å². The number of aliphatic imine (C=N–C) groups is 1.